The number of aliphatic imine (C=N–C) groups is 1. The van der Waals surface area contributed by atoms with Crippen LogP contribution in [-0.2, 0) is 4.79 Å². The summed E-state index contributed by atoms with van der Waals surface area (Å²) >= 11 is 1.33. The second-order valence-electron chi connectivity index (χ2n) is 4.95. The van der Waals surface area contributed by atoms with E-state index in [1.807, 2.05) is 43.3 Å². The van der Waals surface area contributed by atoms with E-state index in [0.29, 0.717) is 22.2 Å². The number of para-hydroxylation sites is 2. The van der Waals surface area contributed by atoms with Crippen molar-refractivity contribution in [3.63, 3.8) is 0 Å². The number of carbonyl (C=O) groups is 1. The van der Waals surface area contributed by atoms with Gasteiger partial charge in [0, 0.05) is 12.1 Å². The lowest BCUT2D eigenvalue weighted by molar-refractivity contribution is -0.122. The van der Waals surface area contributed by atoms with Gasteiger partial charge in [-0.1, -0.05) is 36.4 Å². The van der Waals surface area contributed by atoms with Crippen molar-refractivity contribution >= 4 is 34.6 Å². The molecule has 23 heavy (non-hydrogen) atoms. The van der Waals surface area contributed by atoms with Crippen LogP contribution in [0.3, 0.4) is 0 Å². The van der Waals surface area contributed by atoms with Gasteiger partial charge in [0.1, 0.15) is 5.75 Å². The largest absolute Gasteiger partial charge is 0.507 e. The van der Waals surface area contributed by atoms with Crippen molar-refractivity contribution in [2.24, 2.45) is 4.99 Å². The van der Waals surface area contributed by atoms with Gasteiger partial charge in [0.15, 0.2) is 5.17 Å². The van der Waals surface area contributed by atoms with E-state index in [0.717, 1.165) is 5.69 Å². The lowest BCUT2D eigenvalue weighted by Crippen LogP contribution is -2.28. The van der Waals surface area contributed by atoms with Crippen LogP contribution in [0.2, 0.25) is 0 Å². The number of phenols is 1. The Balaban J connectivity index is 1.95. The van der Waals surface area contributed by atoms with Gasteiger partial charge in [-0.3, -0.25) is 9.69 Å². The average molecular weight is 324 g/mol. The highest BCUT2D eigenvalue weighted by atomic mass is 32.2. The van der Waals surface area contributed by atoms with Crippen LogP contribution in [0.15, 0.2) is 64.5 Å². The van der Waals surface area contributed by atoms with Gasteiger partial charge in [0.25, 0.3) is 5.91 Å². The van der Waals surface area contributed by atoms with Gasteiger partial charge in [-0.25, -0.2) is 4.99 Å². The first-order valence-electron chi connectivity index (χ1n) is 7.32. The Kier molecular flexibility index (Phi) is 4.48. The first kappa shape index (κ1) is 15.4. The molecule has 1 aliphatic rings. The maximum absolute atomic E-state index is 12.5. The Bertz CT molecular complexity index is 785. The number of thioether (sulfide) groups is 1. The Hall–Kier alpha value is -2.53. The fraction of sp³-hybridized carbons (Fsp3) is 0.111. The number of phenolic OH excluding ortho intramolecular Hbond substituents is 1. The molecule has 2 aromatic rings. The Morgan fingerprint density at radius 2 is 1.83 bits per heavy atom. The monoisotopic (exact) mass is 324 g/mol. The van der Waals surface area contributed by atoms with Crippen LogP contribution in [0.5, 0.6) is 5.75 Å². The minimum Gasteiger partial charge on any atom is -0.507 e. The Morgan fingerprint density at radius 1 is 1.13 bits per heavy atom. The number of likely N-dealkylation sites (N-methyl/N-ethyl adjacent to an activating group) is 1. The van der Waals surface area contributed by atoms with Crippen LogP contribution in [-0.4, -0.2) is 27.6 Å². The average Bonchev–Trinajstić information content (AvgIpc) is 2.85. The van der Waals surface area contributed by atoms with Crippen LogP contribution in [0, 0.1) is 0 Å². The van der Waals surface area contributed by atoms with Crippen LogP contribution in [0.25, 0.3) is 6.08 Å². The maximum atomic E-state index is 12.5. The van der Waals surface area contributed by atoms with E-state index in [1.54, 1.807) is 29.2 Å². The quantitative estimate of drug-likeness (QED) is 0.868. The molecule has 2 aromatic carbocycles. The summed E-state index contributed by atoms with van der Waals surface area (Å²) in [6.07, 6.45) is 1.71. The fourth-order valence-electron chi connectivity index (χ4n) is 2.23. The molecule has 0 unspecified atom stereocenters. The van der Waals surface area contributed by atoms with Crippen LogP contribution >= 0.6 is 11.8 Å². The van der Waals surface area contributed by atoms with Crippen molar-refractivity contribution in [2.45, 2.75) is 6.92 Å². The van der Waals surface area contributed by atoms with Crippen molar-refractivity contribution in [3.05, 3.63) is 65.1 Å². The Morgan fingerprint density at radius 3 is 2.52 bits per heavy atom. The van der Waals surface area contributed by atoms with Crippen molar-refractivity contribution < 1.29 is 9.90 Å². The molecule has 0 bridgehead atoms. The normalized spacial score (nSPS) is 18.1. The molecule has 116 valence electrons. The molecule has 0 aromatic heterocycles. The number of hydrogen-bond acceptors (Lipinski definition) is 4. The van der Waals surface area contributed by atoms with E-state index in [-0.39, 0.29) is 11.7 Å². The van der Waals surface area contributed by atoms with Crippen molar-refractivity contribution in [1.82, 2.24) is 4.90 Å². The van der Waals surface area contributed by atoms with E-state index in [1.165, 1.54) is 11.8 Å². The molecule has 0 aliphatic carbocycles. The minimum absolute atomic E-state index is 0.0876. The zero-order chi connectivity index (χ0) is 16.2. The molecule has 3 rings (SSSR count). The van der Waals surface area contributed by atoms with Crippen molar-refractivity contribution in [3.8, 4) is 5.75 Å². The van der Waals surface area contributed by atoms with Gasteiger partial charge in [0.2, 0.25) is 0 Å². The van der Waals surface area contributed by atoms with Gasteiger partial charge in [-0.05, 0) is 43.0 Å². The standard InChI is InChI=1S/C18H16N2O2S/c1-2-20-17(22)16(12-13-8-6-7-11-15(13)21)23-18(20)19-14-9-4-3-5-10-14/h3-12,21H,2H2,1H3/b16-12+,19-18?. The van der Waals surface area contributed by atoms with Crippen LogP contribution in [0.1, 0.15) is 12.5 Å². The number of carbonyl (C=O) groups excluding carboxylic acids is 1. The smallest absolute Gasteiger partial charge is 0.266 e. The second kappa shape index (κ2) is 6.71. The molecule has 1 N–H and O–H groups in total. The predicted octanol–water partition coefficient (Wildman–Crippen LogP) is 4.02. The van der Waals surface area contributed by atoms with E-state index < -0.39 is 0 Å². The third kappa shape index (κ3) is 3.29. The molecule has 1 saturated heterocycles. The molecule has 1 heterocycles. The lowest BCUT2D eigenvalue weighted by Gasteiger charge is -2.11. The fourth-order valence-corrected chi connectivity index (χ4v) is 3.29. The first-order valence-corrected chi connectivity index (χ1v) is 8.14. The number of aromatic hydroxyl groups is 1. The van der Waals surface area contributed by atoms with Gasteiger partial charge in [-0.2, -0.15) is 0 Å². The number of amidine groups is 1. The lowest BCUT2D eigenvalue weighted by atomic mass is 10.2. The van der Waals surface area contributed by atoms with Gasteiger partial charge < -0.3 is 5.11 Å². The summed E-state index contributed by atoms with van der Waals surface area (Å²) in [7, 11) is 0. The molecule has 0 atom stereocenters. The third-order valence-corrected chi connectivity index (χ3v) is 4.42. The van der Waals surface area contributed by atoms with Crippen molar-refractivity contribution in [1.29, 1.82) is 0 Å². The van der Waals surface area contributed by atoms with Gasteiger partial charge in [0.05, 0.1) is 10.6 Å². The van der Waals surface area contributed by atoms with Gasteiger partial charge in [-0.15, -0.1) is 0 Å². The van der Waals surface area contributed by atoms with E-state index >= 15 is 0 Å². The molecule has 0 spiro atoms. The number of rotatable bonds is 3. The summed E-state index contributed by atoms with van der Waals surface area (Å²) in [6, 6.07) is 16.5. The molecule has 5 heteroatoms. The molecule has 4 nitrogen and oxygen atoms in total. The first-order chi connectivity index (χ1) is 11.2. The topological polar surface area (TPSA) is 52.9 Å². The zero-order valence-electron chi connectivity index (χ0n) is 12.6. The number of benzene rings is 2. The number of nitrogens with zero attached hydrogens (tertiary/aromatic N) is 2. The van der Waals surface area contributed by atoms with E-state index in [9.17, 15) is 9.90 Å². The summed E-state index contributed by atoms with van der Waals surface area (Å²) in [5.74, 6) is 0.0698. The highest BCUT2D eigenvalue weighted by Crippen LogP contribution is 2.35. The van der Waals surface area contributed by atoms with E-state index in [4.69, 9.17) is 0 Å². The van der Waals surface area contributed by atoms with E-state index in [2.05, 4.69) is 4.99 Å². The molecule has 1 fully saturated rings. The summed E-state index contributed by atoms with van der Waals surface area (Å²) in [5.41, 5.74) is 1.44. The minimum atomic E-state index is -0.0876. The summed E-state index contributed by atoms with van der Waals surface area (Å²) in [4.78, 5) is 19.3. The predicted molar refractivity (Wildman–Crippen MR) is 94.6 cm³/mol. The molecular formula is C18H16N2O2S. The zero-order valence-corrected chi connectivity index (χ0v) is 13.5. The highest BCUT2D eigenvalue weighted by molar-refractivity contribution is 8.18. The summed E-state index contributed by atoms with van der Waals surface area (Å²) in [6.45, 7) is 2.47. The Labute approximate surface area is 139 Å². The van der Waals surface area contributed by atoms with Crippen LogP contribution in [0.4, 0.5) is 5.69 Å². The third-order valence-electron chi connectivity index (χ3n) is 3.41. The molecule has 0 saturated carbocycles. The molecule has 0 radical (unpaired) electrons. The number of amides is 1. The number of hydrogen-bond donors (Lipinski definition) is 1. The van der Waals surface area contributed by atoms with Crippen molar-refractivity contribution in [2.75, 3.05) is 6.54 Å². The molecular weight excluding hydrogens is 308 g/mol. The van der Waals surface area contributed by atoms with Crippen LogP contribution < -0.4 is 0 Å². The summed E-state index contributed by atoms with van der Waals surface area (Å²) < 4.78 is 0. The highest BCUT2D eigenvalue weighted by Gasteiger charge is 2.32. The maximum Gasteiger partial charge on any atom is 0.266 e. The van der Waals surface area contributed by atoms with Gasteiger partial charge >= 0.3 is 0 Å². The SMILES string of the molecule is CCN1C(=O)/C(=C\c2ccccc2O)SC1=Nc1ccccc1. The molecule has 1 aliphatic heterocycles. The molecule has 1 amide bonds. The second-order valence-corrected chi connectivity index (χ2v) is 5.96. The summed E-state index contributed by atoms with van der Waals surface area (Å²) in [5, 5.41) is 10.5.